The van der Waals surface area contributed by atoms with E-state index in [-0.39, 0.29) is 31.3 Å². The second-order valence-corrected chi connectivity index (χ2v) is 12.7. The molecule has 1 aliphatic rings. The second kappa shape index (κ2) is 13.9. The molecule has 6 N–H and O–H groups in total. The Hall–Kier alpha value is -3.76. The summed E-state index contributed by atoms with van der Waals surface area (Å²) in [5.74, 6) is -2.37. The molecule has 0 saturated heterocycles. The van der Waals surface area contributed by atoms with Crippen LogP contribution in [-0.4, -0.2) is 46.4 Å². The molecule has 2 aromatic carbocycles. The summed E-state index contributed by atoms with van der Waals surface area (Å²) in [6.45, 7) is 7.31. The number of aryl methyl sites for hydroxylation is 1. The van der Waals surface area contributed by atoms with E-state index < -0.39 is 41.4 Å². The van der Waals surface area contributed by atoms with Gasteiger partial charge < -0.3 is 31.4 Å². The maximum absolute atomic E-state index is 14.1. The van der Waals surface area contributed by atoms with Crippen molar-refractivity contribution < 1.29 is 23.9 Å². The predicted octanol–water partition coefficient (Wildman–Crippen LogP) is 4.79. The van der Waals surface area contributed by atoms with Crippen LogP contribution in [0.25, 0.3) is 10.9 Å². The molecule has 0 aliphatic heterocycles. The summed E-state index contributed by atoms with van der Waals surface area (Å²) in [6, 6.07) is 10.6. The fourth-order valence-corrected chi connectivity index (χ4v) is 6.12. The Morgan fingerprint density at radius 1 is 1.05 bits per heavy atom. The van der Waals surface area contributed by atoms with E-state index in [4.69, 9.17) is 33.7 Å². The van der Waals surface area contributed by atoms with Gasteiger partial charge in [0.2, 0.25) is 17.7 Å². The van der Waals surface area contributed by atoms with Crippen LogP contribution in [0.5, 0.6) is 0 Å². The number of halogens is 2. The zero-order valence-corrected chi connectivity index (χ0v) is 26.8. The SMILES string of the molecule is CCC(C)C(NC(=O)OCc1ccccc1)C(=O)NC1(C(=O)NC(C(N)=O)C(C)C)CCc2[nH]c3c(Cl)cc(Cl)cc3c2C1. The van der Waals surface area contributed by atoms with Crippen molar-refractivity contribution in [1.82, 2.24) is 20.9 Å². The van der Waals surface area contributed by atoms with E-state index in [0.29, 0.717) is 28.4 Å². The summed E-state index contributed by atoms with van der Waals surface area (Å²) in [4.78, 5) is 56.5. The minimum Gasteiger partial charge on any atom is -0.445 e. The van der Waals surface area contributed by atoms with Gasteiger partial charge >= 0.3 is 6.09 Å². The number of carbonyl (C=O) groups excluding carboxylic acids is 4. The monoisotopic (exact) mass is 643 g/mol. The Balaban J connectivity index is 1.65. The Morgan fingerprint density at radius 3 is 2.39 bits per heavy atom. The first-order valence-corrected chi connectivity index (χ1v) is 15.5. The van der Waals surface area contributed by atoms with Gasteiger partial charge in [0.05, 0.1) is 10.5 Å². The van der Waals surface area contributed by atoms with E-state index in [9.17, 15) is 19.2 Å². The van der Waals surface area contributed by atoms with E-state index in [2.05, 4.69) is 20.9 Å². The molecule has 44 heavy (non-hydrogen) atoms. The van der Waals surface area contributed by atoms with Gasteiger partial charge in [-0.3, -0.25) is 14.4 Å². The number of nitrogens with two attached hydrogens (primary N) is 1. The number of rotatable bonds is 11. The van der Waals surface area contributed by atoms with E-state index in [1.807, 2.05) is 44.2 Å². The van der Waals surface area contributed by atoms with Crippen LogP contribution in [0.4, 0.5) is 4.79 Å². The fraction of sp³-hybridized carbons (Fsp3) is 0.438. The van der Waals surface area contributed by atoms with Crippen molar-refractivity contribution in [2.45, 2.75) is 77.6 Å². The van der Waals surface area contributed by atoms with Crippen LogP contribution >= 0.6 is 23.2 Å². The molecule has 0 fully saturated rings. The molecule has 1 aliphatic carbocycles. The smallest absolute Gasteiger partial charge is 0.408 e. The van der Waals surface area contributed by atoms with Crippen molar-refractivity contribution in [2.24, 2.45) is 17.6 Å². The van der Waals surface area contributed by atoms with Gasteiger partial charge in [0, 0.05) is 22.5 Å². The zero-order chi connectivity index (χ0) is 32.2. The van der Waals surface area contributed by atoms with Crippen LogP contribution in [0.15, 0.2) is 42.5 Å². The molecular formula is C32H39Cl2N5O5. The lowest BCUT2D eigenvalue weighted by Crippen LogP contribution is -2.67. The first kappa shape index (κ1) is 33.1. The summed E-state index contributed by atoms with van der Waals surface area (Å²) < 4.78 is 5.39. The van der Waals surface area contributed by atoms with Crippen molar-refractivity contribution in [1.29, 1.82) is 0 Å². The molecule has 1 heterocycles. The molecule has 0 saturated carbocycles. The molecule has 0 spiro atoms. The van der Waals surface area contributed by atoms with Crippen LogP contribution in [0.1, 0.15) is 57.4 Å². The minimum absolute atomic E-state index is 0.0338. The van der Waals surface area contributed by atoms with Crippen molar-refractivity contribution >= 4 is 57.9 Å². The summed E-state index contributed by atoms with van der Waals surface area (Å²) in [6.07, 6.45) is 0.511. The van der Waals surface area contributed by atoms with E-state index in [1.54, 1.807) is 26.0 Å². The molecule has 12 heteroatoms. The number of carbonyl (C=O) groups is 4. The number of hydrogen-bond donors (Lipinski definition) is 5. The number of alkyl carbamates (subject to hydrolysis) is 1. The molecule has 4 unspecified atom stereocenters. The lowest BCUT2D eigenvalue weighted by molar-refractivity contribution is -0.137. The number of aromatic nitrogens is 1. The number of nitrogens with one attached hydrogen (secondary N) is 4. The maximum Gasteiger partial charge on any atom is 0.408 e. The third-order valence-electron chi connectivity index (χ3n) is 8.34. The number of H-pyrrole nitrogens is 1. The van der Waals surface area contributed by atoms with Gasteiger partial charge in [-0.25, -0.2) is 4.79 Å². The molecular weight excluding hydrogens is 605 g/mol. The Labute approximate surface area is 266 Å². The summed E-state index contributed by atoms with van der Waals surface area (Å²) in [5.41, 5.74) is 7.28. The average Bonchev–Trinajstić information content (AvgIpc) is 3.35. The standard InChI is InChI=1S/C32H39Cl2N5O5/c1-5-18(4)26(38-31(43)44-16-19-9-7-6-8-10-19)29(41)39-32(30(42)37-25(17(2)3)28(35)40)12-11-24-22(15-32)21-13-20(33)14-23(34)27(21)36-24/h6-10,13-14,17-18,25-26,36H,5,11-12,15-16H2,1-4H3,(H2,35,40)(H,37,42)(H,38,43)(H,39,41). The van der Waals surface area contributed by atoms with Crippen LogP contribution in [-0.2, 0) is 38.6 Å². The largest absolute Gasteiger partial charge is 0.445 e. The van der Waals surface area contributed by atoms with Crippen LogP contribution in [0, 0.1) is 11.8 Å². The quantitative estimate of drug-likeness (QED) is 0.203. The van der Waals surface area contributed by atoms with Gasteiger partial charge in [-0.2, -0.15) is 0 Å². The molecule has 4 atom stereocenters. The zero-order valence-electron chi connectivity index (χ0n) is 25.3. The molecule has 4 amide bonds. The lowest BCUT2D eigenvalue weighted by Gasteiger charge is -2.39. The van der Waals surface area contributed by atoms with Gasteiger partial charge in [0.25, 0.3) is 0 Å². The Kier molecular flexibility index (Phi) is 10.5. The highest BCUT2D eigenvalue weighted by Crippen LogP contribution is 2.38. The molecule has 4 rings (SSSR count). The summed E-state index contributed by atoms with van der Waals surface area (Å²) >= 11 is 12.8. The van der Waals surface area contributed by atoms with Crippen molar-refractivity contribution in [3.63, 3.8) is 0 Å². The number of benzene rings is 2. The topological polar surface area (TPSA) is 155 Å². The van der Waals surface area contributed by atoms with E-state index in [0.717, 1.165) is 22.2 Å². The summed E-state index contributed by atoms with van der Waals surface area (Å²) in [5, 5.41) is 10.1. The molecule has 3 aromatic rings. The number of aromatic amines is 1. The lowest BCUT2D eigenvalue weighted by atomic mass is 9.78. The van der Waals surface area contributed by atoms with Crippen molar-refractivity contribution in [3.05, 3.63) is 69.3 Å². The van der Waals surface area contributed by atoms with Gasteiger partial charge in [-0.05, 0) is 47.9 Å². The predicted molar refractivity (Wildman–Crippen MR) is 170 cm³/mol. The average molecular weight is 645 g/mol. The van der Waals surface area contributed by atoms with Crippen LogP contribution in [0.3, 0.4) is 0 Å². The highest BCUT2D eigenvalue weighted by molar-refractivity contribution is 6.38. The normalized spacial score (nSPS) is 18.2. The highest BCUT2D eigenvalue weighted by Gasteiger charge is 2.46. The number of amides is 4. The van der Waals surface area contributed by atoms with Crippen LogP contribution < -0.4 is 21.7 Å². The number of hydrogen-bond acceptors (Lipinski definition) is 5. The second-order valence-electron chi connectivity index (χ2n) is 11.8. The summed E-state index contributed by atoms with van der Waals surface area (Å²) in [7, 11) is 0. The first-order valence-electron chi connectivity index (χ1n) is 14.7. The van der Waals surface area contributed by atoms with Crippen molar-refractivity contribution in [2.75, 3.05) is 0 Å². The molecule has 10 nitrogen and oxygen atoms in total. The van der Waals surface area contributed by atoms with Gasteiger partial charge in [-0.15, -0.1) is 0 Å². The minimum atomic E-state index is -1.47. The van der Waals surface area contributed by atoms with Gasteiger partial charge in [-0.1, -0.05) is 87.6 Å². The van der Waals surface area contributed by atoms with E-state index >= 15 is 0 Å². The van der Waals surface area contributed by atoms with Crippen molar-refractivity contribution in [3.8, 4) is 0 Å². The number of ether oxygens (including phenoxy) is 1. The third kappa shape index (κ3) is 7.30. The molecule has 0 radical (unpaired) electrons. The van der Waals surface area contributed by atoms with E-state index in [1.165, 1.54) is 0 Å². The Bertz CT molecular complexity index is 1540. The first-order chi connectivity index (χ1) is 20.8. The molecule has 1 aromatic heterocycles. The van der Waals surface area contributed by atoms with Crippen LogP contribution in [0.2, 0.25) is 10.0 Å². The molecule has 0 bridgehead atoms. The van der Waals surface area contributed by atoms with Gasteiger partial charge in [0.1, 0.15) is 24.2 Å². The number of primary amides is 1. The number of fused-ring (bicyclic) bond motifs is 3. The molecule has 236 valence electrons. The van der Waals surface area contributed by atoms with Gasteiger partial charge in [0.15, 0.2) is 0 Å². The Morgan fingerprint density at radius 2 is 1.75 bits per heavy atom. The highest BCUT2D eigenvalue weighted by atomic mass is 35.5. The fourth-order valence-electron chi connectivity index (χ4n) is 5.58. The third-order valence-corrected chi connectivity index (χ3v) is 8.86. The maximum atomic E-state index is 14.1.